The molecule has 2 aromatic carbocycles. The molecule has 0 fully saturated rings. The van der Waals surface area contributed by atoms with Crippen LogP contribution in [-0.4, -0.2) is 21.1 Å². The van der Waals surface area contributed by atoms with Crippen LogP contribution in [0.5, 0.6) is 0 Å². The highest BCUT2D eigenvalue weighted by Gasteiger charge is 2.24. The van der Waals surface area contributed by atoms with E-state index in [0.717, 1.165) is 0 Å². The summed E-state index contributed by atoms with van der Waals surface area (Å²) in [4.78, 5) is 22.7. The van der Waals surface area contributed by atoms with Crippen LogP contribution in [0, 0.1) is 17.0 Å². The van der Waals surface area contributed by atoms with Crippen LogP contribution in [0.15, 0.2) is 46.9 Å². The zero-order chi connectivity index (χ0) is 18.7. The molecule has 0 aliphatic carbocycles. The molecule has 3 rings (SSSR count). The Hall–Kier alpha value is -3.26. The number of nitrogens with zero attached hydrogens (tertiary/aromatic N) is 3. The van der Waals surface area contributed by atoms with E-state index in [1.54, 1.807) is 43.3 Å². The predicted octanol–water partition coefficient (Wildman–Crippen LogP) is 3.96. The summed E-state index contributed by atoms with van der Waals surface area (Å²) in [5.74, 6) is -0.528. The maximum absolute atomic E-state index is 12.2. The number of halogens is 1. The van der Waals surface area contributed by atoms with Crippen LogP contribution in [-0.2, 0) is 11.3 Å². The van der Waals surface area contributed by atoms with Crippen LogP contribution in [0.1, 0.15) is 21.8 Å². The standard InChI is InChI=1S/C17H12ClN3O5/c1-10-3-2-4-13(15(10)21(23)24)17(22)25-9-14-19-20-16(26-14)11-5-7-12(18)8-6-11/h2-8H,9H2,1H3. The second-order valence-corrected chi connectivity index (χ2v) is 5.75. The van der Waals surface area contributed by atoms with Crippen molar-refractivity contribution in [1.82, 2.24) is 10.2 Å². The monoisotopic (exact) mass is 373 g/mol. The number of ether oxygens (including phenoxy) is 1. The quantitative estimate of drug-likeness (QED) is 0.378. The highest BCUT2D eigenvalue weighted by atomic mass is 35.5. The Morgan fingerprint density at radius 1 is 1.23 bits per heavy atom. The van der Waals surface area contributed by atoms with E-state index in [0.29, 0.717) is 16.1 Å². The molecular weight excluding hydrogens is 362 g/mol. The molecule has 0 N–H and O–H groups in total. The van der Waals surface area contributed by atoms with Crippen molar-refractivity contribution < 1.29 is 18.9 Å². The smallest absolute Gasteiger partial charge is 0.345 e. The van der Waals surface area contributed by atoms with E-state index < -0.39 is 10.9 Å². The lowest BCUT2D eigenvalue weighted by atomic mass is 10.1. The lowest BCUT2D eigenvalue weighted by molar-refractivity contribution is -0.385. The molecule has 9 heteroatoms. The molecule has 1 heterocycles. The fraction of sp³-hybridized carbons (Fsp3) is 0.118. The molecular formula is C17H12ClN3O5. The maximum atomic E-state index is 12.2. The van der Waals surface area contributed by atoms with Gasteiger partial charge in [0.05, 0.1) is 4.92 Å². The molecule has 1 aromatic heterocycles. The number of aryl methyl sites for hydroxylation is 1. The Labute approximate surface area is 152 Å². The molecule has 0 bridgehead atoms. The topological polar surface area (TPSA) is 108 Å². The molecule has 26 heavy (non-hydrogen) atoms. The fourth-order valence-corrected chi connectivity index (χ4v) is 2.42. The van der Waals surface area contributed by atoms with Gasteiger partial charge >= 0.3 is 5.97 Å². The van der Waals surface area contributed by atoms with Gasteiger partial charge in [0.2, 0.25) is 5.89 Å². The van der Waals surface area contributed by atoms with E-state index >= 15 is 0 Å². The molecule has 0 saturated carbocycles. The molecule has 0 unspecified atom stereocenters. The van der Waals surface area contributed by atoms with Gasteiger partial charge in [-0.1, -0.05) is 23.7 Å². The highest BCUT2D eigenvalue weighted by molar-refractivity contribution is 6.30. The summed E-state index contributed by atoms with van der Waals surface area (Å²) in [6.07, 6.45) is 0. The van der Waals surface area contributed by atoms with Gasteiger partial charge in [0.25, 0.3) is 11.6 Å². The van der Waals surface area contributed by atoms with Crippen molar-refractivity contribution in [2.45, 2.75) is 13.5 Å². The van der Waals surface area contributed by atoms with E-state index in [4.69, 9.17) is 20.8 Å². The summed E-state index contributed by atoms with van der Waals surface area (Å²) >= 11 is 5.82. The number of nitro groups is 1. The van der Waals surface area contributed by atoms with E-state index in [-0.39, 0.29) is 29.6 Å². The highest BCUT2D eigenvalue weighted by Crippen LogP contribution is 2.24. The number of hydrogen-bond acceptors (Lipinski definition) is 7. The Morgan fingerprint density at radius 2 is 1.96 bits per heavy atom. The summed E-state index contributed by atoms with van der Waals surface area (Å²) in [6, 6.07) is 11.2. The third-order valence-electron chi connectivity index (χ3n) is 3.53. The first-order chi connectivity index (χ1) is 12.5. The number of rotatable bonds is 5. The van der Waals surface area contributed by atoms with Gasteiger partial charge in [-0.15, -0.1) is 10.2 Å². The van der Waals surface area contributed by atoms with Crippen LogP contribution in [0.4, 0.5) is 5.69 Å². The van der Waals surface area contributed by atoms with Gasteiger partial charge in [0, 0.05) is 16.1 Å². The van der Waals surface area contributed by atoms with Gasteiger partial charge in [-0.3, -0.25) is 10.1 Å². The summed E-state index contributed by atoms with van der Waals surface area (Å²) in [5, 5.41) is 19.4. The van der Waals surface area contributed by atoms with Crippen LogP contribution in [0.2, 0.25) is 5.02 Å². The average molecular weight is 374 g/mol. The molecule has 0 spiro atoms. The maximum Gasteiger partial charge on any atom is 0.345 e. The molecule has 0 radical (unpaired) electrons. The molecule has 0 amide bonds. The van der Waals surface area contributed by atoms with Crippen LogP contribution in [0.3, 0.4) is 0 Å². The lowest BCUT2D eigenvalue weighted by Crippen LogP contribution is -2.09. The largest absolute Gasteiger partial charge is 0.452 e. The zero-order valence-electron chi connectivity index (χ0n) is 13.5. The molecule has 0 aliphatic heterocycles. The Balaban J connectivity index is 1.72. The number of carbonyl (C=O) groups excluding carboxylic acids is 1. The minimum Gasteiger partial charge on any atom is -0.452 e. The number of benzene rings is 2. The summed E-state index contributed by atoms with van der Waals surface area (Å²) < 4.78 is 10.5. The molecule has 0 saturated heterocycles. The van der Waals surface area contributed by atoms with Gasteiger partial charge in [0.15, 0.2) is 6.61 Å². The van der Waals surface area contributed by atoms with E-state index in [1.165, 1.54) is 6.07 Å². The number of carbonyl (C=O) groups is 1. The SMILES string of the molecule is Cc1cccc(C(=O)OCc2nnc(-c3ccc(Cl)cc3)o2)c1[N+](=O)[O-]. The van der Waals surface area contributed by atoms with Crippen molar-refractivity contribution in [3.8, 4) is 11.5 Å². The van der Waals surface area contributed by atoms with Gasteiger partial charge in [-0.05, 0) is 37.3 Å². The predicted molar refractivity (Wildman–Crippen MR) is 91.7 cm³/mol. The third kappa shape index (κ3) is 3.70. The van der Waals surface area contributed by atoms with Crippen molar-refractivity contribution in [2.24, 2.45) is 0 Å². The fourth-order valence-electron chi connectivity index (χ4n) is 2.29. The zero-order valence-corrected chi connectivity index (χ0v) is 14.3. The average Bonchev–Trinajstić information content (AvgIpc) is 3.08. The van der Waals surface area contributed by atoms with Crippen molar-refractivity contribution in [1.29, 1.82) is 0 Å². The van der Waals surface area contributed by atoms with Crippen LogP contribution < -0.4 is 0 Å². The second kappa shape index (κ2) is 7.32. The van der Waals surface area contributed by atoms with Gasteiger partial charge in [-0.2, -0.15) is 0 Å². The van der Waals surface area contributed by atoms with Gasteiger partial charge < -0.3 is 9.15 Å². The van der Waals surface area contributed by atoms with Gasteiger partial charge in [0.1, 0.15) is 5.56 Å². The van der Waals surface area contributed by atoms with Crippen molar-refractivity contribution in [3.63, 3.8) is 0 Å². The summed E-state index contributed by atoms with van der Waals surface area (Å²) in [7, 11) is 0. The number of hydrogen-bond donors (Lipinski definition) is 0. The number of nitro benzene ring substituents is 1. The Kier molecular flexibility index (Phi) is 4.94. The van der Waals surface area contributed by atoms with Gasteiger partial charge in [-0.25, -0.2) is 4.79 Å². The van der Waals surface area contributed by atoms with E-state index in [1.807, 2.05) is 0 Å². The number of aromatic nitrogens is 2. The normalized spacial score (nSPS) is 10.5. The minimum atomic E-state index is -0.841. The Morgan fingerprint density at radius 3 is 2.65 bits per heavy atom. The molecule has 0 aliphatic rings. The molecule has 8 nitrogen and oxygen atoms in total. The minimum absolute atomic E-state index is 0.0682. The van der Waals surface area contributed by atoms with Crippen LogP contribution in [0.25, 0.3) is 11.5 Å². The summed E-state index contributed by atoms with van der Waals surface area (Å²) in [5.41, 5.74) is 0.610. The molecule has 0 atom stereocenters. The molecule has 132 valence electrons. The van der Waals surface area contributed by atoms with E-state index in [2.05, 4.69) is 10.2 Å². The summed E-state index contributed by atoms with van der Waals surface area (Å²) in [6.45, 7) is 1.25. The second-order valence-electron chi connectivity index (χ2n) is 5.31. The first-order valence-corrected chi connectivity index (χ1v) is 7.83. The van der Waals surface area contributed by atoms with Crippen molar-refractivity contribution in [3.05, 3.63) is 74.6 Å². The van der Waals surface area contributed by atoms with E-state index in [9.17, 15) is 14.9 Å². The third-order valence-corrected chi connectivity index (χ3v) is 3.78. The van der Waals surface area contributed by atoms with Crippen molar-refractivity contribution >= 4 is 23.3 Å². The number of para-hydroxylation sites is 1. The first kappa shape index (κ1) is 17.6. The molecule has 3 aromatic rings. The van der Waals surface area contributed by atoms with Crippen molar-refractivity contribution in [2.75, 3.05) is 0 Å². The number of esters is 1. The van der Waals surface area contributed by atoms with Crippen LogP contribution >= 0.6 is 11.6 Å². The first-order valence-electron chi connectivity index (χ1n) is 7.45. The lowest BCUT2D eigenvalue weighted by Gasteiger charge is -2.04. The Bertz CT molecular complexity index is 969.